The Labute approximate surface area is 151 Å². The molecule has 0 unspecified atom stereocenters. The number of carboxylic acids is 1. The molecule has 2 saturated carbocycles. The molecule has 2 aliphatic carbocycles. The highest BCUT2D eigenvalue weighted by atomic mass is 16.4. The first-order valence-electron chi connectivity index (χ1n) is 9.74. The average molecular weight is 356 g/mol. The van der Waals surface area contributed by atoms with Gasteiger partial charge in [-0.05, 0) is 49.5 Å². The van der Waals surface area contributed by atoms with E-state index in [1.165, 1.54) is 0 Å². The predicted octanol–water partition coefficient (Wildman–Crippen LogP) is 1.54. The second kappa shape index (κ2) is 5.69. The normalized spacial score (nSPS) is 37.5. The number of fused-ring (bicyclic) bond motifs is 6. The molecule has 1 N–H and O–H groups in total. The third-order valence-corrected chi connectivity index (χ3v) is 7.28. The summed E-state index contributed by atoms with van der Waals surface area (Å²) >= 11 is 0. The molecule has 5 rings (SSSR count). The summed E-state index contributed by atoms with van der Waals surface area (Å²) in [6.07, 6.45) is 3.84. The van der Waals surface area contributed by atoms with Crippen LogP contribution in [0.5, 0.6) is 0 Å². The van der Waals surface area contributed by atoms with Crippen LogP contribution in [0.15, 0.2) is 23.0 Å². The van der Waals surface area contributed by atoms with E-state index >= 15 is 0 Å². The second-order valence-electron chi connectivity index (χ2n) is 8.66. The molecule has 6 heteroatoms. The predicted molar refractivity (Wildman–Crippen MR) is 93.6 cm³/mol. The fourth-order valence-electron chi connectivity index (χ4n) is 6.29. The van der Waals surface area contributed by atoms with E-state index in [1.807, 2.05) is 15.5 Å². The van der Waals surface area contributed by atoms with Crippen molar-refractivity contribution in [1.82, 2.24) is 9.47 Å². The zero-order chi connectivity index (χ0) is 18.0. The standard InChI is InChI=1S/C20H24N2O4/c23-16-3-1-2-15-14-6-11(9-22(15)16)8-21(10-14)19(24)17-12-4-5-13(7-12)18(17)20(25)26/h1-3,11-14,17-18H,4-10H2,(H,25,26)/t11-,12-,13+,14-,17-,18+/m1/s1. The van der Waals surface area contributed by atoms with Crippen molar-refractivity contribution in [3.63, 3.8) is 0 Å². The second-order valence-corrected chi connectivity index (χ2v) is 8.66. The van der Waals surface area contributed by atoms with Gasteiger partial charge in [-0.1, -0.05) is 6.07 Å². The highest BCUT2D eigenvalue weighted by Gasteiger charge is 2.55. The van der Waals surface area contributed by atoms with Gasteiger partial charge in [0.05, 0.1) is 11.8 Å². The maximum atomic E-state index is 13.3. The number of likely N-dealkylation sites (tertiary alicyclic amines) is 1. The summed E-state index contributed by atoms with van der Waals surface area (Å²) in [6, 6.07) is 5.39. The molecular formula is C20H24N2O4. The fraction of sp³-hybridized carbons (Fsp3) is 0.650. The molecule has 6 atom stereocenters. The number of hydrogen-bond acceptors (Lipinski definition) is 3. The van der Waals surface area contributed by atoms with Crippen molar-refractivity contribution < 1.29 is 14.7 Å². The number of carbonyl (C=O) groups excluding carboxylic acids is 1. The molecule has 3 heterocycles. The molecule has 4 bridgehead atoms. The number of nitrogens with zero attached hydrogens (tertiary/aromatic N) is 2. The van der Waals surface area contributed by atoms with Gasteiger partial charge >= 0.3 is 5.97 Å². The molecule has 1 saturated heterocycles. The van der Waals surface area contributed by atoms with E-state index in [4.69, 9.17) is 0 Å². The number of hydrogen-bond donors (Lipinski definition) is 1. The molecule has 3 fully saturated rings. The molecule has 1 aromatic rings. The van der Waals surface area contributed by atoms with Crippen molar-refractivity contribution in [2.24, 2.45) is 29.6 Å². The molecule has 6 nitrogen and oxygen atoms in total. The molecule has 0 radical (unpaired) electrons. The highest BCUT2D eigenvalue weighted by Crippen LogP contribution is 2.53. The number of amides is 1. The summed E-state index contributed by atoms with van der Waals surface area (Å²) < 4.78 is 1.86. The minimum Gasteiger partial charge on any atom is -0.481 e. The SMILES string of the molecule is O=C(O)[C@H]1[C@H]2CC[C@H](C2)[C@H]1C(=O)N1C[C@H]2C[C@H](C1)c1cccc(=O)n1C2. The Morgan fingerprint density at radius 2 is 1.77 bits per heavy atom. The lowest BCUT2D eigenvalue weighted by Gasteiger charge is -2.44. The van der Waals surface area contributed by atoms with Crippen LogP contribution in [-0.2, 0) is 16.1 Å². The van der Waals surface area contributed by atoms with Gasteiger partial charge in [0.1, 0.15) is 0 Å². The molecule has 0 aromatic carbocycles. The van der Waals surface area contributed by atoms with Crippen molar-refractivity contribution in [3.8, 4) is 0 Å². The van der Waals surface area contributed by atoms with Crippen LogP contribution in [0.1, 0.15) is 37.3 Å². The van der Waals surface area contributed by atoms with E-state index in [9.17, 15) is 19.5 Å². The topological polar surface area (TPSA) is 79.6 Å². The number of carbonyl (C=O) groups is 2. The van der Waals surface area contributed by atoms with E-state index in [0.29, 0.717) is 19.6 Å². The van der Waals surface area contributed by atoms with Gasteiger partial charge in [-0.2, -0.15) is 0 Å². The first-order valence-corrected chi connectivity index (χ1v) is 9.74. The lowest BCUT2D eigenvalue weighted by atomic mass is 9.77. The first kappa shape index (κ1) is 16.1. The number of pyridine rings is 1. The van der Waals surface area contributed by atoms with E-state index in [1.54, 1.807) is 12.1 Å². The van der Waals surface area contributed by atoms with Gasteiger partial charge in [-0.3, -0.25) is 14.4 Å². The van der Waals surface area contributed by atoms with Gasteiger partial charge in [0.2, 0.25) is 5.91 Å². The quantitative estimate of drug-likeness (QED) is 0.872. The molecule has 0 spiro atoms. The molecule has 2 aliphatic heterocycles. The van der Waals surface area contributed by atoms with Crippen LogP contribution in [0.25, 0.3) is 0 Å². The summed E-state index contributed by atoms with van der Waals surface area (Å²) in [7, 11) is 0. The Morgan fingerprint density at radius 1 is 1.00 bits per heavy atom. The zero-order valence-corrected chi connectivity index (χ0v) is 14.7. The molecule has 26 heavy (non-hydrogen) atoms. The zero-order valence-electron chi connectivity index (χ0n) is 14.7. The van der Waals surface area contributed by atoms with Crippen LogP contribution in [-0.4, -0.2) is 39.5 Å². The summed E-state index contributed by atoms with van der Waals surface area (Å²) in [5, 5.41) is 9.67. The number of rotatable bonds is 2. The molecule has 138 valence electrons. The third-order valence-electron chi connectivity index (χ3n) is 7.28. The first-order chi connectivity index (χ1) is 12.5. The third kappa shape index (κ3) is 2.27. The van der Waals surface area contributed by atoms with Crippen molar-refractivity contribution in [2.75, 3.05) is 13.1 Å². The van der Waals surface area contributed by atoms with Crippen LogP contribution in [0, 0.1) is 29.6 Å². The van der Waals surface area contributed by atoms with Crippen LogP contribution < -0.4 is 5.56 Å². The Bertz CT molecular complexity index is 831. The van der Waals surface area contributed by atoms with Crippen molar-refractivity contribution in [2.45, 2.75) is 38.1 Å². The Hall–Kier alpha value is -2.11. The van der Waals surface area contributed by atoms with Gasteiger partial charge in [0.15, 0.2) is 0 Å². The Balaban J connectivity index is 1.41. The fourth-order valence-corrected chi connectivity index (χ4v) is 6.29. The minimum absolute atomic E-state index is 0.0380. The lowest BCUT2D eigenvalue weighted by Crippen LogP contribution is -2.52. The smallest absolute Gasteiger partial charge is 0.307 e. The monoisotopic (exact) mass is 356 g/mol. The van der Waals surface area contributed by atoms with Crippen LogP contribution >= 0.6 is 0 Å². The van der Waals surface area contributed by atoms with Gasteiger partial charge in [0.25, 0.3) is 5.56 Å². The maximum Gasteiger partial charge on any atom is 0.307 e. The van der Waals surface area contributed by atoms with Crippen molar-refractivity contribution in [1.29, 1.82) is 0 Å². The lowest BCUT2D eigenvalue weighted by molar-refractivity contribution is -0.154. The highest BCUT2D eigenvalue weighted by molar-refractivity contribution is 5.86. The minimum atomic E-state index is -0.801. The van der Waals surface area contributed by atoms with Crippen LogP contribution in [0.3, 0.4) is 0 Å². The largest absolute Gasteiger partial charge is 0.481 e. The van der Waals surface area contributed by atoms with E-state index in [2.05, 4.69) is 0 Å². The molecule has 1 amide bonds. The van der Waals surface area contributed by atoms with E-state index in [0.717, 1.165) is 31.4 Å². The van der Waals surface area contributed by atoms with Gasteiger partial charge < -0.3 is 14.6 Å². The van der Waals surface area contributed by atoms with E-state index < -0.39 is 11.9 Å². The van der Waals surface area contributed by atoms with Crippen LogP contribution in [0.2, 0.25) is 0 Å². The molecule has 4 aliphatic rings. The van der Waals surface area contributed by atoms with Crippen LogP contribution in [0.4, 0.5) is 0 Å². The Kier molecular flexibility index (Phi) is 3.52. The Morgan fingerprint density at radius 3 is 2.54 bits per heavy atom. The van der Waals surface area contributed by atoms with E-state index in [-0.39, 0.29) is 41.1 Å². The summed E-state index contributed by atoms with van der Waals surface area (Å²) in [4.78, 5) is 39.1. The number of carboxylic acid groups (broad SMARTS) is 1. The van der Waals surface area contributed by atoms with Gasteiger partial charge in [-0.15, -0.1) is 0 Å². The number of aromatic nitrogens is 1. The summed E-state index contributed by atoms with van der Waals surface area (Å²) in [5.41, 5.74) is 1.06. The summed E-state index contributed by atoms with van der Waals surface area (Å²) in [6.45, 7) is 1.92. The maximum absolute atomic E-state index is 13.3. The molecular weight excluding hydrogens is 332 g/mol. The average Bonchev–Trinajstić information content (AvgIpc) is 3.23. The molecule has 1 aromatic heterocycles. The number of piperidine rings is 1. The summed E-state index contributed by atoms with van der Waals surface area (Å²) in [5.74, 6) is -0.716. The van der Waals surface area contributed by atoms with Gasteiger partial charge in [0, 0.05) is 37.3 Å². The van der Waals surface area contributed by atoms with Crippen molar-refractivity contribution >= 4 is 11.9 Å². The van der Waals surface area contributed by atoms with Gasteiger partial charge in [-0.25, -0.2) is 0 Å². The van der Waals surface area contributed by atoms with Crippen molar-refractivity contribution in [3.05, 3.63) is 34.2 Å². The number of aliphatic carboxylic acids is 1.